The van der Waals surface area contributed by atoms with E-state index in [2.05, 4.69) is 40.1 Å². The lowest BCUT2D eigenvalue weighted by Crippen LogP contribution is -2.41. The molecular formula is C18H30N4O2. The van der Waals surface area contributed by atoms with Crippen molar-refractivity contribution in [2.45, 2.75) is 26.3 Å². The van der Waals surface area contributed by atoms with Gasteiger partial charge in [0.15, 0.2) is 17.5 Å². The summed E-state index contributed by atoms with van der Waals surface area (Å²) in [5.74, 6) is 2.54. The normalized spacial score (nSPS) is 13.5. The molecule has 24 heavy (non-hydrogen) atoms. The zero-order valence-corrected chi connectivity index (χ0v) is 15.3. The van der Waals surface area contributed by atoms with Crippen LogP contribution in [0.5, 0.6) is 11.5 Å². The summed E-state index contributed by atoms with van der Waals surface area (Å²) in [5, 5.41) is 3.43. The fourth-order valence-corrected chi connectivity index (χ4v) is 2.67. The van der Waals surface area contributed by atoms with Crippen molar-refractivity contribution in [1.29, 1.82) is 0 Å². The van der Waals surface area contributed by atoms with Crippen LogP contribution in [0.1, 0.15) is 25.3 Å². The first-order valence-corrected chi connectivity index (χ1v) is 8.63. The van der Waals surface area contributed by atoms with E-state index in [9.17, 15) is 0 Å². The van der Waals surface area contributed by atoms with Gasteiger partial charge >= 0.3 is 0 Å². The molecule has 1 aromatic rings. The van der Waals surface area contributed by atoms with Crippen molar-refractivity contribution in [3.8, 4) is 11.5 Å². The highest BCUT2D eigenvalue weighted by atomic mass is 16.7. The molecule has 1 aliphatic heterocycles. The molecule has 134 valence electrons. The average Bonchev–Trinajstić information content (AvgIpc) is 3.04. The Bertz CT molecular complexity index is 548. The van der Waals surface area contributed by atoms with Crippen LogP contribution in [-0.4, -0.2) is 63.3 Å². The molecule has 0 atom stereocenters. The minimum absolute atomic E-state index is 0.309. The molecule has 0 saturated carbocycles. The molecule has 0 aliphatic carbocycles. The summed E-state index contributed by atoms with van der Waals surface area (Å²) in [6.45, 7) is 6.34. The Kier molecular flexibility index (Phi) is 7.18. The van der Waals surface area contributed by atoms with Crippen molar-refractivity contribution in [1.82, 2.24) is 15.1 Å². The first-order valence-electron chi connectivity index (χ1n) is 8.63. The number of unbranched alkanes of at least 4 members (excludes halogenated alkanes) is 1. The molecule has 1 heterocycles. The Balaban J connectivity index is 1.80. The SMILES string of the molecule is CCCCN(C)CCNC(=NC)N(C)Cc1ccc2c(c1)OCO2. The number of nitrogens with one attached hydrogen (secondary N) is 1. The molecule has 0 fully saturated rings. The lowest BCUT2D eigenvalue weighted by atomic mass is 10.2. The molecule has 1 N–H and O–H groups in total. The minimum atomic E-state index is 0.309. The Morgan fingerprint density at radius 2 is 2.00 bits per heavy atom. The van der Waals surface area contributed by atoms with Crippen LogP contribution in [-0.2, 0) is 6.54 Å². The van der Waals surface area contributed by atoms with Crippen LogP contribution in [0.15, 0.2) is 23.2 Å². The van der Waals surface area contributed by atoms with Crippen molar-refractivity contribution in [2.75, 3.05) is 47.6 Å². The van der Waals surface area contributed by atoms with Gasteiger partial charge in [-0.3, -0.25) is 4.99 Å². The Hall–Kier alpha value is -1.95. The number of fused-ring (bicyclic) bond motifs is 1. The number of hydrogen-bond acceptors (Lipinski definition) is 4. The van der Waals surface area contributed by atoms with Crippen LogP contribution in [0.25, 0.3) is 0 Å². The van der Waals surface area contributed by atoms with Crippen LogP contribution >= 0.6 is 0 Å². The zero-order valence-electron chi connectivity index (χ0n) is 15.3. The van der Waals surface area contributed by atoms with Gasteiger partial charge in [0, 0.05) is 33.7 Å². The maximum Gasteiger partial charge on any atom is 0.231 e. The Morgan fingerprint density at radius 3 is 2.75 bits per heavy atom. The first-order chi connectivity index (χ1) is 11.6. The van der Waals surface area contributed by atoms with Crippen LogP contribution in [0.3, 0.4) is 0 Å². The average molecular weight is 334 g/mol. The molecule has 0 radical (unpaired) electrons. The summed E-state index contributed by atoms with van der Waals surface area (Å²) in [7, 11) is 6.02. The monoisotopic (exact) mass is 334 g/mol. The largest absolute Gasteiger partial charge is 0.454 e. The van der Waals surface area contributed by atoms with E-state index in [-0.39, 0.29) is 0 Å². The molecule has 0 unspecified atom stereocenters. The van der Waals surface area contributed by atoms with Gasteiger partial charge in [-0.15, -0.1) is 0 Å². The zero-order chi connectivity index (χ0) is 17.4. The minimum Gasteiger partial charge on any atom is -0.454 e. The number of aliphatic imine (C=N–C) groups is 1. The Labute approximate surface area is 145 Å². The summed E-state index contributed by atoms with van der Waals surface area (Å²) >= 11 is 0. The second kappa shape index (κ2) is 9.37. The number of hydrogen-bond donors (Lipinski definition) is 1. The van der Waals surface area contributed by atoms with Gasteiger partial charge in [-0.25, -0.2) is 0 Å². The molecule has 6 heteroatoms. The van der Waals surface area contributed by atoms with Crippen LogP contribution in [0.4, 0.5) is 0 Å². The van der Waals surface area contributed by atoms with E-state index in [0.717, 1.165) is 43.6 Å². The number of likely N-dealkylation sites (N-methyl/N-ethyl adjacent to an activating group) is 1. The third kappa shape index (κ3) is 5.30. The van der Waals surface area contributed by atoms with Gasteiger partial charge in [0.1, 0.15) is 0 Å². The smallest absolute Gasteiger partial charge is 0.231 e. The van der Waals surface area contributed by atoms with Crippen molar-refractivity contribution >= 4 is 5.96 Å². The highest BCUT2D eigenvalue weighted by Crippen LogP contribution is 2.32. The third-order valence-corrected chi connectivity index (χ3v) is 4.10. The van der Waals surface area contributed by atoms with Crippen LogP contribution in [0, 0.1) is 0 Å². The molecular weight excluding hydrogens is 304 g/mol. The van der Waals surface area contributed by atoms with Crippen LogP contribution in [0.2, 0.25) is 0 Å². The lowest BCUT2D eigenvalue weighted by Gasteiger charge is -2.23. The highest BCUT2D eigenvalue weighted by Gasteiger charge is 2.14. The van der Waals surface area contributed by atoms with Crippen molar-refractivity contribution in [3.05, 3.63) is 23.8 Å². The molecule has 0 amide bonds. The van der Waals surface area contributed by atoms with Gasteiger partial charge < -0.3 is 24.6 Å². The van der Waals surface area contributed by atoms with Gasteiger partial charge in [-0.2, -0.15) is 0 Å². The quantitative estimate of drug-likeness (QED) is 0.583. The van der Waals surface area contributed by atoms with Crippen molar-refractivity contribution < 1.29 is 9.47 Å². The molecule has 0 spiro atoms. The number of rotatable bonds is 8. The Morgan fingerprint density at radius 1 is 1.21 bits per heavy atom. The summed E-state index contributed by atoms with van der Waals surface area (Å²) in [6, 6.07) is 6.06. The summed E-state index contributed by atoms with van der Waals surface area (Å²) in [6.07, 6.45) is 2.48. The molecule has 0 saturated heterocycles. The molecule has 1 aliphatic rings. The topological polar surface area (TPSA) is 49.3 Å². The molecule has 0 bridgehead atoms. The number of benzene rings is 1. The van der Waals surface area contributed by atoms with E-state index in [0.29, 0.717) is 6.79 Å². The van der Waals surface area contributed by atoms with E-state index in [1.165, 1.54) is 18.4 Å². The maximum absolute atomic E-state index is 5.44. The molecule has 6 nitrogen and oxygen atoms in total. The van der Waals surface area contributed by atoms with E-state index in [4.69, 9.17) is 9.47 Å². The predicted molar refractivity (Wildman–Crippen MR) is 97.8 cm³/mol. The third-order valence-electron chi connectivity index (χ3n) is 4.10. The number of nitrogens with zero attached hydrogens (tertiary/aromatic N) is 3. The molecule has 2 rings (SSSR count). The second-order valence-corrected chi connectivity index (χ2v) is 6.17. The van der Waals surface area contributed by atoms with Crippen LogP contribution < -0.4 is 14.8 Å². The number of guanidine groups is 1. The van der Waals surface area contributed by atoms with E-state index >= 15 is 0 Å². The first kappa shape index (κ1) is 18.4. The van der Waals surface area contributed by atoms with Crippen molar-refractivity contribution in [2.24, 2.45) is 4.99 Å². The lowest BCUT2D eigenvalue weighted by molar-refractivity contribution is 0.174. The van der Waals surface area contributed by atoms with E-state index in [1.807, 2.05) is 26.2 Å². The van der Waals surface area contributed by atoms with Gasteiger partial charge in [0.05, 0.1) is 0 Å². The van der Waals surface area contributed by atoms with E-state index < -0.39 is 0 Å². The number of ether oxygens (including phenoxy) is 2. The maximum atomic E-state index is 5.44. The standard InChI is InChI=1S/C18H30N4O2/c1-5-6-10-21(3)11-9-20-18(19-2)22(4)13-15-7-8-16-17(12-15)24-14-23-16/h7-8,12H,5-6,9-11,13-14H2,1-4H3,(H,19,20). The summed E-state index contributed by atoms with van der Waals surface area (Å²) in [4.78, 5) is 8.84. The summed E-state index contributed by atoms with van der Waals surface area (Å²) < 4.78 is 10.8. The highest BCUT2D eigenvalue weighted by molar-refractivity contribution is 5.79. The molecule has 1 aromatic carbocycles. The van der Waals surface area contributed by atoms with Crippen molar-refractivity contribution in [3.63, 3.8) is 0 Å². The van der Waals surface area contributed by atoms with Gasteiger partial charge in [0.2, 0.25) is 6.79 Å². The predicted octanol–water partition coefficient (Wildman–Crippen LogP) is 2.15. The fourth-order valence-electron chi connectivity index (χ4n) is 2.67. The summed E-state index contributed by atoms with van der Waals surface area (Å²) in [5.41, 5.74) is 1.17. The van der Waals surface area contributed by atoms with E-state index in [1.54, 1.807) is 0 Å². The molecule has 0 aromatic heterocycles. The van der Waals surface area contributed by atoms with Gasteiger partial charge in [-0.1, -0.05) is 19.4 Å². The fraction of sp³-hybridized carbons (Fsp3) is 0.611. The van der Waals surface area contributed by atoms with Gasteiger partial charge in [-0.05, 0) is 37.7 Å². The van der Waals surface area contributed by atoms with Gasteiger partial charge in [0.25, 0.3) is 0 Å². The second-order valence-electron chi connectivity index (χ2n) is 6.17.